The van der Waals surface area contributed by atoms with Crippen molar-refractivity contribution in [3.05, 3.63) is 35.6 Å². The van der Waals surface area contributed by atoms with Crippen molar-refractivity contribution in [1.29, 1.82) is 0 Å². The first-order valence-electron chi connectivity index (χ1n) is 5.73. The molecule has 0 aliphatic rings. The highest BCUT2D eigenvalue weighted by Gasteiger charge is 2.10. The molecule has 2 atom stereocenters. The lowest BCUT2D eigenvalue weighted by molar-refractivity contribution is -0.107. The van der Waals surface area contributed by atoms with Gasteiger partial charge < -0.3 is 9.84 Å². The van der Waals surface area contributed by atoms with Gasteiger partial charge in [0.05, 0.1) is 13.2 Å². The molecule has 0 radical (unpaired) electrons. The number of hydrogen-bond acceptors (Lipinski definition) is 3. The fraction of sp³-hybridized carbons (Fsp3) is 0.500. The lowest BCUT2D eigenvalue weighted by Crippen LogP contribution is -2.15. The van der Waals surface area contributed by atoms with Gasteiger partial charge in [0.25, 0.3) is 0 Å². The Morgan fingerprint density at radius 3 is 2.59 bits per heavy atom. The van der Waals surface area contributed by atoms with Crippen LogP contribution in [0.1, 0.15) is 27.2 Å². The number of allylic oxidation sites excluding steroid dienone is 4. The van der Waals surface area contributed by atoms with Crippen LogP contribution in [0.2, 0.25) is 0 Å². The molecule has 0 aromatic rings. The van der Waals surface area contributed by atoms with Crippen LogP contribution in [0.4, 0.5) is 0 Å². The standard InChI is InChI=1S/C14H22O3/c1-5-6-11(2)9-12(3)14(16)8-7-13(10-15)17-4/h5-7,9-10,12,14,16H,8H2,1-4H3/b6-5-,11-9+,13-7+/t12-,14-/m0/s1. The maximum Gasteiger partial charge on any atom is 0.184 e. The molecule has 0 aliphatic heterocycles. The minimum absolute atomic E-state index is 0.0345. The fourth-order valence-electron chi connectivity index (χ4n) is 1.48. The minimum atomic E-state index is -0.514. The average Bonchev–Trinajstić information content (AvgIpc) is 2.30. The maximum absolute atomic E-state index is 10.5. The molecule has 0 aromatic carbocycles. The van der Waals surface area contributed by atoms with E-state index in [9.17, 15) is 9.90 Å². The summed E-state index contributed by atoms with van der Waals surface area (Å²) in [5, 5.41) is 9.89. The van der Waals surface area contributed by atoms with Crippen LogP contribution in [0.5, 0.6) is 0 Å². The molecular weight excluding hydrogens is 216 g/mol. The molecule has 0 spiro atoms. The summed E-state index contributed by atoms with van der Waals surface area (Å²) in [6.07, 6.45) is 8.09. The van der Waals surface area contributed by atoms with Crippen LogP contribution < -0.4 is 0 Å². The second-order valence-corrected chi connectivity index (χ2v) is 4.00. The van der Waals surface area contributed by atoms with Crippen molar-refractivity contribution < 1.29 is 14.6 Å². The molecule has 0 saturated heterocycles. The number of methoxy groups -OCH3 is 1. The van der Waals surface area contributed by atoms with Crippen molar-refractivity contribution in [2.75, 3.05) is 7.11 Å². The first-order valence-corrected chi connectivity index (χ1v) is 5.73. The van der Waals surface area contributed by atoms with Crippen LogP contribution >= 0.6 is 0 Å². The van der Waals surface area contributed by atoms with Crippen molar-refractivity contribution in [2.24, 2.45) is 5.92 Å². The van der Waals surface area contributed by atoms with Gasteiger partial charge in [-0.2, -0.15) is 0 Å². The Kier molecular flexibility index (Phi) is 8.07. The van der Waals surface area contributed by atoms with Gasteiger partial charge in [-0.1, -0.05) is 30.7 Å². The number of carbonyl (C=O) groups excluding carboxylic acids is 1. The first-order chi connectivity index (χ1) is 8.04. The number of aliphatic hydroxyl groups excluding tert-OH is 1. The molecular formula is C14H22O3. The Bertz CT molecular complexity index is 313. The third kappa shape index (κ3) is 6.74. The highest BCUT2D eigenvalue weighted by molar-refractivity contribution is 5.69. The summed E-state index contributed by atoms with van der Waals surface area (Å²) < 4.78 is 4.80. The second-order valence-electron chi connectivity index (χ2n) is 4.00. The predicted molar refractivity (Wildman–Crippen MR) is 69.5 cm³/mol. The van der Waals surface area contributed by atoms with Crippen molar-refractivity contribution in [2.45, 2.75) is 33.3 Å². The number of ether oxygens (including phenoxy) is 1. The van der Waals surface area contributed by atoms with Crippen LogP contribution in [0, 0.1) is 5.92 Å². The zero-order chi connectivity index (χ0) is 13.3. The predicted octanol–water partition coefficient (Wildman–Crippen LogP) is 2.63. The van der Waals surface area contributed by atoms with Crippen molar-refractivity contribution in [1.82, 2.24) is 0 Å². The third-order valence-corrected chi connectivity index (χ3v) is 2.47. The number of hydrogen-bond donors (Lipinski definition) is 1. The van der Waals surface area contributed by atoms with Crippen LogP contribution in [-0.4, -0.2) is 24.6 Å². The monoisotopic (exact) mass is 238 g/mol. The maximum atomic E-state index is 10.5. The Balaban J connectivity index is 4.41. The highest BCUT2D eigenvalue weighted by Crippen LogP contribution is 2.13. The Hall–Kier alpha value is -1.35. The molecule has 0 aromatic heterocycles. The van der Waals surface area contributed by atoms with E-state index in [1.54, 1.807) is 6.08 Å². The van der Waals surface area contributed by atoms with E-state index in [2.05, 4.69) is 0 Å². The van der Waals surface area contributed by atoms with Crippen LogP contribution in [0.25, 0.3) is 0 Å². The van der Waals surface area contributed by atoms with E-state index in [1.807, 2.05) is 39.0 Å². The number of aliphatic hydroxyl groups is 1. The smallest absolute Gasteiger partial charge is 0.184 e. The lowest BCUT2D eigenvalue weighted by atomic mass is 9.99. The van der Waals surface area contributed by atoms with Gasteiger partial charge in [-0.05, 0) is 26.3 Å². The molecule has 0 heterocycles. The normalized spacial score (nSPS) is 17.0. The van der Waals surface area contributed by atoms with E-state index in [-0.39, 0.29) is 11.7 Å². The molecule has 3 heteroatoms. The Morgan fingerprint density at radius 1 is 1.47 bits per heavy atom. The zero-order valence-corrected chi connectivity index (χ0v) is 11.0. The van der Waals surface area contributed by atoms with E-state index >= 15 is 0 Å². The highest BCUT2D eigenvalue weighted by atomic mass is 16.5. The van der Waals surface area contributed by atoms with E-state index in [1.165, 1.54) is 7.11 Å². The number of aldehydes is 1. The van der Waals surface area contributed by atoms with Gasteiger partial charge >= 0.3 is 0 Å². The fourth-order valence-corrected chi connectivity index (χ4v) is 1.48. The van der Waals surface area contributed by atoms with E-state index in [0.29, 0.717) is 12.7 Å². The topological polar surface area (TPSA) is 46.5 Å². The second kappa shape index (κ2) is 8.76. The molecule has 1 N–H and O–H groups in total. The van der Waals surface area contributed by atoms with Crippen molar-refractivity contribution in [3.8, 4) is 0 Å². The first kappa shape index (κ1) is 15.7. The molecule has 0 amide bonds. The van der Waals surface area contributed by atoms with Gasteiger partial charge in [0.2, 0.25) is 0 Å². The van der Waals surface area contributed by atoms with E-state index in [4.69, 9.17) is 4.74 Å². The molecule has 0 bridgehead atoms. The Labute approximate surface area is 103 Å². The largest absolute Gasteiger partial charge is 0.494 e. The quantitative estimate of drug-likeness (QED) is 0.321. The van der Waals surface area contributed by atoms with Crippen LogP contribution in [0.15, 0.2) is 35.6 Å². The van der Waals surface area contributed by atoms with Gasteiger partial charge in [0.1, 0.15) is 0 Å². The van der Waals surface area contributed by atoms with Gasteiger partial charge in [-0.25, -0.2) is 0 Å². The summed E-state index contributed by atoms with van der Waals surface area (Å²) in [6.45, 7) is 5.89. The molecule has 0 aliphatic carbocycles. The SMILES string of the molecule is C/C=C\C(C)=C\[C@H](C)[C@@H](O)C/C=C(\C=O)OC. The van der Waals surface area contributed by atoms with Crippen LogP contribution in [-0.2, 0) is 9.53 Å². The molecule has 17 heavy (non-hydrogen) atoms. The summed E-state index contributed by atoms with van der Waals surface area (Å²) in [5.41, 5.74) is 1.12. The van der Waals surface area contributed by atoms with E-state index in [0.717, 1.165) is 5.57 Å². The summed E-state index contributed by atoms with van der Waals surface area (Å²) in [5.74, 6) is 0.289. The molecule has 0 fully saturated rings. The van der Waals surface area contributed by atoms with Gasteiger partial charge in [-0.3, -0.25) is 4.79 Å². The summed E-state index contributed by atoms with van der Waals surface area (Å²) in [6, 6.07) is 0. The zero-order valence-electron chi connectivity index (χ0n) is 11.0. The van der Waals surface area contributed by atoms with Gasteiger partial charge in [0, 0.05) is 5.92 Å². The Morgan fingerprint density at radius 2 is 2.12 bits per heavy atom. The molecule has 0 rings (SSSR count). The van der Waals surface area contributed by atoms with E-state index < -0.39 is 6.10 Å². The molecule has 0 unspecified atom stereocenters. The average molecular weight is 238 g/mol. The number of carbonyl (C=O) groups is 1. The summed E-state index contributed by atoms with van der Waals surface area (Å²) in [4.78, 5) is 10.5. The van der Waals surface area contributed by atoms with Crippen LogP contribution in [0.3, 0.4) is 0 Å². The lowest BCUT2D eigenvalue weighted by Gasteiger charge is -2.14. The third-order valence-electron chi connectivity index (χ3n) is 2.47. The summed E-state index contributed by atoms with van der Waals surface area (Å²) in [7, 11) is 1.44. The van der Waals surface area contributed by atoms with Crippen molar-refractivity contribution in [3.63, 3.8) is 0 Å². The van der Waals surface area contributed by atoms with Crippen molar-refractivity contribution >= 4 is 6.29 Å². The number of rotatable bonds is 7. The minimum Gasteiger partial charge on any atom is -0.494 e. The summed E-state index contributed by atoms with van der Waals surface area (Å²) >= 11 is 0. The van der Waals surface area contributed by atoms with Gasteiger partial charge in [0.15, 0.2) is 12.0 Å². The molecule has 96 valence electrons. The van der Waals surface area contributed by atoms with Gasteiger partial charge in [-0.15, -0.1) is 0 Å². The molecule has 0 saturated carbocycles. The molecule has 3 nitrogen and oxygen atoms in total.